The van der Waals surface area contributed by atoms with E-state index in [-0.39, 0.29) is 0 Å². The van der Waals surface area contributed by atoms with E-state index >= 15 is 0 Å². The molecular weight excluding hydrogens is 599 g/mol. The molecule has 0 bridgehead atoms. The summed E-state index contributed by atoms with van der Waals surface area (Å²) in [6, 6.07) is 57.0. The van der Waals surface area contributed by atoms with E-state index in [1.165, 1.54) is 26.9 Å². The average molecular weight is 626 g/mol. The largest absolute Gasteiger partial charge is 0.456 e. The van der Waals surface area contributed by atoms with E-state index < -0.39 is 0 Å². The van der Waals surface area contributed by atoms with Gasteiger partial charge in [0.15, 0.2) is 17.5 Å². The van der Waals surface area contributed by atoms with Crippen molar-refractivity contribution < 1.29 is 4.42 Å². The van der Waals surface area contributed by atoms with Gasteiger partial charge in [0.1, 0.15) is 11.2 Å². The van der Waals surface area contributed by atoms with Crippen molar-refractivity contribution in [3.63, 3.8) is 0 Å². The molecule has 0 amide bonds. The van der Waals surface area contributed by atoms with Crippen LogP contribution in [-0.2, 0) is 0 Å². The first-order chi connectivity index (χ1) is 24.3. The third kappa shape index (κ3) is 4.57. The molecule has 8 aromatic carbocycles. The Morgan fingerprint density at radius 2 is 0.959 bits per heavy atom. The Labute approximate surface area is 282 Å². The van der Waals surface area contributed by atoms with Gasteiger partial charge in [0, 0.05) is 27.5 Å². The molecule has 0 radical (unpaired) electrons. The van der Waals surface area contributed by atoms with Gasteiger partial charge in [-0.05, 0) is 73.8 Å². The van der Waals surface area contributed by atoms with Crippen LogP contribution in [0.25, 0.3) is 99.5 Å². The zero-order chi connectivity index (χ0) is 32.3. The highest BCUT2D eigenvalue weighted by atomic mass is 16.3. The van der Waals surface area contributed by atoms with Gasteiger partial charge in [-0.2, -0.15) is 0 Å². The van der Waals surface area contributed by atoms with Crippen molar-refractivity contribution >= 4 is 54.3 Å². The Balaban J connectivity index is 1.26. The maximum absolute atomic E-state index is 6.28. The van der Waals surface area contributed by atoms with Crippen molar-refractivity contribution in [2.75, 3.05) is 0 Å². The van der Waals surface area contributed by atoms with Crippen LogP contribution < -0.4 is 0 Å². The van der Waals surface area contributed by atoms with Crippen molar-refractivity contribution in [2.24, 2.45) is 0 Å². The van der Waals surface area contributed by atoms with E-state index in [1.807, 2.05) is 36.4 Å². The zero-order valence-corrected chi connectivity index (χ0v) is 26.3. The van der Waals surface area contributed by atoms with Crippen LogP contribution in [0.4, 0.5) is 0 Å². The lowest BCUT2D eigenvalue weighted by atomic mass is 9.95. The topological polar surface area (TPSA) is 51.8 Å². The number of benzene rings is 8. The molecule has 10 rings (SSSR count). The van der Waals surface area contributed by atoms with E-state index in [1.54, 1.807) is 0 Å². The Hall–Kier alpha value is -6.65. The second-order valence-corrected chi connectivity index (χ2v) is 12.4. The molecule has 0 N–H and O–H groups in total. The van der Waals surface area contributed by atoms with Crippen LogP contribution in [-0.4, -0.2) is 15.0 Å². The highest BCUT2D eigenvalue weighted by Gasteiger charge is 2.19. The first-order valence-electron chi connectivity index (χ1n) is 16.4. The molecule has 4 nitrogen and oxygen atoms in total. The quantitative estimate of drug-likeness (QED) is 0.183. The second kappa shape index (κ2) is 11.0. The number of aromatic nitrogens is 3. The van der Waals surface area contributed by atoms with Gasteiger partial charge in [-0.3, -0.25) is 0 Å². The number of rotatable bonds is 4. The Morgan fingerprint density at radius 3 is 1.82 bits per heavy atom. The molecule has 0 fully saturated rings. The van der Waals surface area contributed by atoms with Gasteiger partial charge < -0.3 is 4.42 Å². The highest BCUT2D eigenvalue weighted by molar-refractivity contribution is 6.12. The number of furan rings is 1. The molecule has 0 spiro atoms. The van der Waals surface area contributed by atoms with Gasteiger partial charge in [-0.25, -0.2) is 15.0 Å². The summed E-state index contributed by atoms with van der Waals surface area (Å²) in [6.07, 6.45) is 0. The molecule has 0 saturated heterocycles. The lowest BCUT2D eigenvalue weighted by Gasteiger charge is -2.13. The molecule has 49 heavy (non-hydrogen) atoms. The van der Waals surface area contributed by atoms with Gasteiger partial charge in [0.2, 0.25) is 0 Å². The van der Waals surface area contributed by atoms with Crippen molar-refractivity contribution in [1.82, 2.24) is 15.0 Å². The SMILES string of the molecule is c1ccc(-c2cc(-c3nc(-c4ccc5ccc6ccccc6c5c4)nc(-c4cccc5oc6ccccc6c45)n3)cc3ccccc23)cc1. The summed E-state index contributed by atoms with van der Waals surface area (Å²) in [6.45, 7) is 0. The van der Waals surface area contributed by atoms with E-state index in [9.17, 15) is 0 Å². The molecule has 2 aromatic heterocycles. The van der Waals surface area contributed by atoms with Gasteiger partial charge in [0.05, 0.1) is 0 Å². The summed E-state index contributed by atoms with van der Waals surface area (Å²) in [5, 5.41) is 9.08. The van der Waals surface area contributed by atoms with Gasteiger partial charge in [-0.1, -0.05) is 133 Å². The summed E-state index contributed by atoms with van der Waals surface area (Å²) in [5.74, 6) is 1.84. The monoisotopic (exact) mass is 625 g/mol. The highest BCUT2D eigenvalue weighted by Crippen LogP contribution is 2.38. The molecule has 0 aliphatic rings. The summed E-state index contributed by atoms with van der Waals surface area (Å²) in [5.41, 5.74) is 6.69. The van der Waals surface area contributed by atoms with Crippen LogP contribution in [0, 0.1) is 0 Å². The smallest absolute Gasteiger partial charge is 0.164 e. The predicted octanol–water partition coefficient (Wildman–Crippen LogP) is 11.9. The molecule has 0 atom stereocenters. The molecule has 10 aromatic rings. The van der Waals surface area contributed by atoms with Crippen molar-refractivity contribution in [3.05, 3.63) is 164 Å². The fourth-order valence-electron chi connectivity index (χ4n) is 7.15. The normalized spacial score (nSPS) is 11.7. The Kier molecular flexibility index (Phi) is 6.15. The van der Waals surface area contributed by atoms with Crippen LogP contribution in [0.5, 0.6) is 0 Å². The summed E-state index contributed by atoms with van der Waals surface area (Å²) < 4.78 is 6.28. The van der Waals surface area contributed by atoms with E-state index in [2.05, 4.69) is 127 Å². The molecule has 0 unspecified atom stereocenters. The lowest BCUT2D eigenvalue weighted by molar-refractivity contribution is 0.669. The Bertz CT molecular complexity index is 2890. The van der Waals surface area contributed by atoms with E-state index in [0.717, 1.165) is 55.1 Å². The minimum atomic E-state index is 0.601. The van der Waals surface area contributed by atoms with Crippen LogP contribution in [0.1, 0.15) is 0 Å². The molecule has 228 valence electrons. The van der Waals surface area contributed by atoms with Crippen LogP contribution in [0.15, 0.2) is 168 Å². The number of hydrogen-bond acceptors (Lipinski definition) is 4. The van der Waals surface area contributed by atoms with Crippen molar-refractivity contribution in [2.45, 2.75) is 0 Å². The summed E-state index contributed by atoms with van der Waals surface area (Å²) in [7, 11) is 0. The zero-order valence-electron chi connectivity index (χ0n) is 26.3. The van der Waals surface area contributed by atoms with Crippen LogP contribution >= 0.6 is 0 Å². The number of para-hydroxylation sites is 1. The minimum absolute atomic E-state index is 0.601. The maximum atomic E-state index is 6.28. The fourth-order valence-corrected chi connectivity index (χ4v) is 7.15. The summed E-state index contributed by atoms with van der Waals surface area (Å²) >= 11 is 0. The van der Waals surface area contributed by atoms with Gasteiger partial charge in [0.25, 0.3) is 0 Å². The number of fused-ring (bicyclic) bond motifs is 7. The molecule has 0 aliphatic carbocycles. The first-order valence-corrected chi connectivity index (χ1v) is 16.4. The van der Waals surface area contributed by atoms with Crippen LogP contribution in [0.2, 0.25) is 0 Å². The molecule has 4 heteroatoms. The lowest BCUT2D eigenvalue weighted by Crippen LogP contribution is -2.01. The van der Waals surface area contributed by atoms with Crippen molar-refractivity contribution in [1.29, 1.82) is 0 Å². The minimum Gasteiger partial charge on any atom is -0.456 e. The predicted molar refractivity (Wildman–Crippen MR) is 201 cm³/mol. The molecule has 2 heterocycles. The van der Waals surface area contributed by atoms with Gasteiger partial charge >= 0.3 is 0 Å². The summed E-state index contributed by atoms with van der Waals surface area (Å²) in [4.78, 5) is 15.6. The standard InChI is InChI=1S/C45H27N3O/c1-2-11-28(12-3-1)39-27-33(25-31-14-5-7-16-35(31)39)44-46-43(32-24-23-30-22-21-29-13-4-6-15-34(29)38(30)26-32)47-45(48-44)37-18-10-20-41-42(37)36-17-8-9-19-40(36)49-41/h1-27H. The van der Waals surface area contributed by atoms with Crippen molar-refractivity contribution in [3.8, 4) is 45.3 Å². The average Bonchev–Trinajstić information content (AvgIpc) is 3.56. The van der Waals surface area contributed by atoms with Gasteiger partial charge in [-0.15, -0.1) is 0 Å². The number of hydrogen-bond donors (Lipinski definition) is 0. The van der Waals surface area contributed by atoms with Crippen LogP contribution in [0.3, 0.4) is 0 Å². The fraction of sp³-hybridized carbons (Fsp3) is 0. The molecular formula is C45H27N3O. The Morgan fingerprint density at radius 1 is 0.327 bits per heavy atom. The number of nitrogens with zero attached hydrogens (tertiary/aromatic N) is 3. The third-order valence-electron chi connectivity index (χ3n) is 9.49. The molecule has 0 aliphatic heterocycles. The first kappa shape index (κ1) is 27.5. The van der Waals surface area contributed by atoms with E-state index in [0.29, 0.717) is 17.5 Å². The van der Waals surface area contributed by atoms with E-state index in [4.69, 9.17) is 19.4 Å². The molecule has 0 saturated carbocycles. The second-order valence-electron chi connectivity index (χ2n) is 12.4. The third-order valence-corrected chi connectivity index (χ3v) is 9.49. The maximum Gasteiger partial charge on any atom is 0.164 e.